The van der Waals surface area contributed by atoms with Crippen LogP contribution in [0.3, 0.4) is 0 Å². The smallest absolute Gasteiger partial charge is 0.274 e. The van der Waals surface area contributed by atoms with Gasteiger partial charge in [0.1, 0.15) is 0 Å². The quantitative estimate of drug-likeness (QED) is 0.558. The van der Waals surface area contributed by atoms with Gasteiger partial charge in [-0.3, -0.25) is 14.9 Å². The van der Waals surface area contributed by atoms with Crippen molar-refractivity contribution in [2.75, 3.05) is 7.05 Å². The molecule has 0 aliphatic heterocycles. The molecule has 0 saturated heterocycles. The third-order valence-corrected chi connectivity index (χ3v) is 4.04. The van der Waals surface area contributed by atoms with Crippen molar-refractivity contribution in [1.29, 1.82) is 0 Å². The van der Waals surface area contributed by atoms with Crippen molar-refractivity contribution < 1.29 is 10.0 Å². The zero-order chi connectivity index (χ0) is 16.9. The van der Waals surface area contributed by atoms with Crippen molar-refractivity contribution in [1.82, 2.24) is 10.4 Å². The maximum Gasteiger partial charge on any atom is 0.274 e. The van der Waals surface area contributed by atoms with E-state index in [-0.39, 0.29) is 0 Å². The molecule has 4 heteroatoms. The van der Waals surface area contributed by atoms with E-state index >= 15 is 0 Å². The third-order valence-electron chi connectivity index (χ3n) is 4.04. The molecule has 1 amide bonds. The minimum absolute atomic E-state index is 0.443. The first-order valence-electron chi connectivity index (χ1n) is 7.85. The van der Waals surface area contributed by atoms with Gasteiger partial charge in [0.25, 0.3) is 5.91 Å². The average Bonchev–Trinajstić information content (AvgIpc) is 2.61. The molecule has 0 fully saturated rings. The minimum atomic E-state index is -0.494. The molecule has 2 N–H and O–H groups in total. The van der Waals surface area contributed by atoms with E-state index in [2.05, 4.69) is 54.4 Å². The molecule has 0 heterocycles. The third kappa shape index (κ3) is 3.79. The van der Waals surface area contributed by atoms with Crippen LogP contribution in [0.15, 0.2) is 66.7 Å². The zero-order valence-corrected chi connectivity index (χ0v) is 13.6. The Bertz CT molecular complexity index is 844. The maximum atomic E-state index is 11.3. The number of hydrogen-bond acceptors (Lipinski definition) is 3. The van der Waals surface area contributed by atoms with E-state index < -0.39 is 5.91 Å². The Hall–Kier alpha value is -2.69. The second-order valence-corrected chi connectivity index (χ2v) is 5.99. The van der Waals surface area contributed by atoms with Crippen LogP contribution in [0.4, 0.5) is 0 Å². The van der Waals surface area contributed by atoms with E-state index in [0.717, 1.165) is 18.7 Å². The molecule has 0 saturated carbocycles. The molecule has 0 radical (unpaired) electrons. The molecule has 3 rings (SSSR count). The van der Waals surface area contributed by atoms with Gasteiger partial charge >= 0.3 is 0 Å². The molecule has 122 valence electrons. The lowest BCUT2D eigenvalue weighted by Crippen LogP contribution is -2.19. The molecule has 24 heavy (non-hydrogen) atoms. The van der Waals surface area contributed by atoms with Crippen LogP contribution in [0, 0.1) is 0 Å². The summed E-state index contributed by atoms with van der Waals surface area (Å²) in [5.74, 6) is -0.494. The minimum Gasteiger partial charge on any atom is -0.298 e. The Morgan fingerprint density at radius 1 is 0.917 bits per heavy atom. The summed E-state index contributed by atoms with van der Waals surface area (Å²) < 4.78 is 0. The number of nitrogens with zero attached hydrogens (tertiary/aromatic N) is 1. The standard InChI is InChI=1S/C20H20N2O2/c1-22(13-15-6-10-18(11-7-15)20(23)21-24)14-16-8-9-17-4-2-3-5-19(17)12-16/h2-12,24H,13-14H2,1H3,(H,21,23). The lowest BCUT2D eigenvalue weighted by atomic mass is 10.1. The van der Waals surface area contributed by atoms with Crippen LogP contribution in [0.5, 0.6) is 0 Å². The number of carbonyl (C=O) groups is 1. The van der Waals surface area contributed by atoms with Gasteiger partial charge in [-0.1, -0.05) is 48.5 Å². The summed E-state index contributed by atoms with van der Waals surface area (Å²) in [6.07, 6.45) is 0. The lowest BCUT2D eigenvalue weighted by Gasteiger charge is -2.17. The summed E-state index contributed by atoms with van der Waals surface area (Å²) in [5, 5.41) is 11.1. The Kier molecular flexibility index (Phi) is 4.89. The summed E-state index contributed by atoms with van der Waals surface area (Å²) in [5.41, 5.74) is 4.47. The topological polar surface area (TPSA) is 52.6 Å². The molecule has 0 aromatic heterocycles. The summed E-state index contributed by atoms with van der Waals surface area (Å²) in [6.45, 7) is 1.64. The number of rotatable bonds is 5. The summed E-state index contributed by atoms with van der Waals surface area (Å²) in [7, 11) is 2.07. The summed E-state index contributed by atoms with van der Waals surface area (Å²) >= 11 is 0. The first kappa shape index (κ1) is 16.2. The van der Waals surface area contributed by atoms with Crippen LogP contribution >= 0.6 is 0 Å². The van der Waals surface area contributed by atoms with Crippen molar-refractivity contribution in [3.63, 3.8) is 0 Å². The zero-order valence-electron chi connectivity index (χ0n) is 13.6. The van der Waals surface area contributed by atoms with Gasteiger partial charge in [-0.2, -0.15) is 0 Å². The van der Waals surface area contributed by atoms with E-state index in [9.17, 15) is 4.79 Å². The highest BCUT2D eigenvalue weighted by molar-refractivity contribution is 5.93. The average molecular weight is 320 g/mol. The number of carbonyl (C=O) groups excluding carboxylic acids is 1. The molecular formula is C20H20N2O2. The molecule has 0 unspecified atom stereocenters. The molecule has 3 aromatic rings. The van der Waals surface area contributed by atoms with Gasteiger partial charge in [0.05, 0.1) is 0 Å². The van der Waals surface area contributed by atoms with Gasteiger partial charge in [-0.15, -0.1) is 0 Å². The SMILES string of the molecule is CN(Cc1ccc(C(=O)NO)cc1)Cc1ccc2ccccc2c1. The molecular weight excluding hydrogens is 300 g/mol. The summed E-state index contributed by atoms with van der Waals surface area (Å²) in [4.78, 5) is 13.6. The molecule has 0 spiro atoms. The Morgan fingerprint density at radius 3 is 2.25 bits per heavy atom. The lowest BCUT2D eigenvalue weighted by molar-refractivity contribution is 0.0706. The number of hydrogen-bond donors (Lipinski definition) is 2. The molecule has 0 aliphatic rings. The Labute approximate surface area is 141 Å². The normalized spacial score (nSPS) is 11.0. The number of nitrogens with one attached hydrogen (secondary N) is 1. The van der Waals surface area contributed by atoms with E-state index in [4.69, 9.17) is 5.21 Å². The van der Waals surface area contributed by atoms with Crippen molar-refractivity contribution >= 4 is 16.7 Å². The highest BCUT2D eigenvalue weighted by Crippen LogP contribution is 2.17. The van der Waals surface area contributed by atoms with E-state index in [1.54, 1.807) is 17.6 Å². The monoisotopic (exact) mass is 320 g/mol. The van der Waals surface area contributed by atoms with Crippen molar-refractivity contribution in [2.45, 2.75) is 13.1 Å². The molecule has 4 nitrogen and oxygen atoms in total. The maximum absolute atomic E-state index is 11.3. The van der Waals surface area contributed by atoms with E-state index in [1.807, 2.05) is 12.1 Å². The fraction of sp³-hybridized carbons (Fsp3) is 0.150. The van der Waals surface area contributed by atoms with Crippen molar-refractivity contribution in [2.24, 2.45) is 0 Å². The largest absolute Gasteiger partial charge is 0.298 e. The van der Waals surface area contributed by atoms with Crippen LogP contribution in [0.25, 0.3) is 10.8 Å². The van der Waals surface area contributed by atoms with Crippen LogP contribution < -0.4 is 5.48 Å². The van der Waals surface area contributed by atoms with Crippen LogP contribution in [0.1, 0.15) is 21.5 Å². The molecule has 3 aromatic carbocycles. The highest BCUT2D eigenvalue weighted by atomic mass is 16.5. The fourth-order valence-corrected chi connectivity index (χ4v) is 2.84. The summed E-state index contributed by atoms with van der Waals surface area (Å²) in [6, 6.07) is 22.1. The molecule has 0 bridgehead atoms. The van der Waals surface area contributed by atoms with Gasteiger partial charge in [-0.05, 0) is 47.1 Å². The predicted octanol–water partition coefficient (Wildman–Crippen LogP) is 3.59. The van der Waals surface area contributed by atoms with Gasteiger partial charge in [0.2, 0.25) is 0 Å². The number of hydroxylamine groups is 1. The molecule has 0 aliphatic carbocycles. The van der Waals surface area contributed by atoms with Crippen molar-refractivity contribution in [3.05, 3.63) is 83.4 Å². The predicted molar refractivity (Wildman–Crippen MR) is 94.8 cm³/mol. The number of amides is 1. The van der Waals surface area contributed by atoms with Gasteiger partial charge in [0.15, 0.2) is 0 Å². The van der Waals surface area contributed by atoms with Crippen LogP contribution in [0.2, 0.25) is 0 Å². The van der Waals surface area contributed by atoms with Gasteiger partial charge < -0.3 is 0 Å². The van der Waals surface area contributed by atoms with Crippen LogP contribution in [-0.2, 0) is 13.1 Å². The first-order chi connectivity index (χ1) is 11.7. The second kappa shape index (κ2) is 7.25. The Morgan fingerprint density at radius 2 is 1.54 bits per heavy atom. The Balaban J connectivity index is 1.65. The van der Waals surface area contributed by atoms with Crippen LogP contribution in [-0.4, -0.2) is 23.1 Å². The van der Waals surface area contributed by atoms with Crippen molar-refractivity contribution in [3.8, 4) is 0 Å². The van der Waals surface area contributed by atoms with E-state index in [1.165, 1.54) is 16.3 Å². The van der Waals surface area contributed by atoms with Gasteiger partial charge in [0, 0.05) is 18.7 Å². The fourth-order valence-electron chi connectivity index (χ4n) is 2.84. The number of benzene rings is 3. The highest BCUT2D eigenvalue weighted by Gasteiger charge is 2.06. The number of fused-ring (bicyclic) bond motifs is 1. The van der Waals surface area contributed by atoms with Gasteiger partial charge in [-0.25, -0.2) is 5.48 Å². The second-order valence-electron chi connectivity index (χ2n) is 5.99. The first-order valence-corrected chi connectivity index (χ1v) is 7.85. The molecule has 0 atom stereocenters. The van der Waals surface area contributed by atoms with E-state index in [0.29, 0.717) is 5.56 Å².